The molecule has 0 aromatic heterocycles. The van der Waals surface area contributed by atoms with Gasteiger partial charge in [-0.25, -0.2) is 12.7 Å². The van der Waals surface area contributed by atoms with E-state index in [2.05, 4.69) is 5.32 Å². The van der Waals surface area contributed by atoms with Gasteiger partial charge in [0.1, 0.15) is 6.04 Å². The second kappa shape index (κ2) is 12.9. The quantitative estimate of drug-likeness (QED) is 0.469. The molecular formula is C25H34ClN3O4S. The number of sulfonamides is 1. The Kier molecular flexibility index (Phi) is 10.5. The highest BCUT2D eigenvalue weighted by Crippen LogP contribution is 2.20. The molecule has 2 rings (SSSR count). The predicted octanol–water partition coefficient (Wildman–Crippen LogP) is 4.07. The molecule has 0 fully saturated rings. The Hall–Kier alpha value is -2.42. The summed E-state index contributed by atoms with van der Waals surface area (Å²) in [6, 6.07) is 14.7. The van der Waals surface area contributed by atoms with Gasteiger partial charge in [0.25, 0.3) is 0 Å². The maximum Gasteiger partial charge on any atom is 0.242 e. The van der Waals surface area contributed by atoms with E-state index >= 15 is 0 Å². The van der Waals surface area contributed by atoms with Crippen molar-refractivity contribution < 1.29 is 18.0 Å². The summed E-state index contributed by atoms with van der Waals surface area (Å²) in [6.45, 7) is 5.94. The van der Waals surface area contributed by atoms with Gasteiger partial charge in [-0.3, -0.25) is 9.59 Å². The number of hydrogen-bond acceptors (Lipinski definition) is 4. The molecule has 2 atom stereocenters. The van der Waals surface area contributed by atoms with Gasteiger partial charge in [-0.1, -0.05) is 54.9 Å². The van der Waals surface area contributed by atoms with E-state index in [1.807, 2.05) is 26.0 Å². The molecule has 0 aliphatic carbocycles. The SMILES string of the molecule is CC[C@@H](C)NC(=O)[C@H](C)N(Cc1ccccc1Cl)C(=O)CCCN(C)S(=O)(=O)c1ccccc1. The van der Waals surface area contributed by atoms with Crippen molar-refractivity contribution in [1.82, 2.24) is 14.5 Å². The van der Waals surface area contributed by atoms with Crippen LogP contribution in [-0.2, 0) is 26.2 Å². The zero-order valence-electron chi connectivity index (χ0n) is 20.2. The molecule has 0 aliphatic rings. The van der Waals surface area contributed by atoms with Gasteiger partial charge in [0.15, 0.2) is 0 Å². The molecule has 9 heteroatoms. The molecule has 0 spiro atoms. The van der Waals surface area contributed by atoms with Crippen LogP contribution in [0.4, 0.5) is 0 Å². The largest absolute Gasteiger partial charge is 0.352 e. The zero-order valence-corrected chi connectivity index (χ0v) is 21.8. The summed E-state index contributed by atoms with van der Waals surface area (Å²) in [5, 5.41) is 3.44. The molecule has 2 aromatic carbocycles. The first-order chi connectivity index (χ1) is 16.1. The van der Waals surface area contributed by atoms with Crippen molar-refractivity contribution in [3.63, 3.8) is 0 Å². The fraction of sp³-hybridized carbons (Fsp3) is 0.440. The summed E-state index contributed by atoms with van der Waals surface area (Å²) in [7, 11) is -2.13. The minimum atomic E-state index is -3.63. The van der Waals surface area contributed by atoms with Gasteiger partial charge in [0.2, 0.25) is 21.8 Å². The van der Waals surface area contributed by atoms with Crippen LogP contribution in [0.1, 0.15) is 45.6 Å². The van der Waals surface area contributed by atoms with Crippen LogP contribution in [0.5, 0.6) is 0 Å². The summed E-state index contributed by atoms with van der Waals surface area (Å²) in [4.78, 5) is 27.7. The van der Waals surface area contributed by atoms with Crippen molar-refractivity contribution in [2.75, 3.05) is 13.6 Å². The van der Waals surface area contributed by atoms with E-state index < -0.39 is 16.1 Å². The average Bonchev–Trinajstić information content (AvgIpc) is 2.83. The molecule has 2 amide bonds. The van der Waals surface area contributed by atoms with E-state index in [0.29, 0.717) is 11.4 Å². The van der Waals surface area contributed by atoms with Crippen LogP contribution in [0.25, 0.3) is 0 Å². The lowest BCUT2D eigenvalue weighted by molar-refractivity contribution is -0.141. The lowest BCUT2D eigenvalue weighted by Crippen LogP contribution is -2.49. The predicted molar refractivity (Wildman–Crippen MR) is 135 cm³/mol. The second-order valence-corrected chi connectivity index (χ2v) is 10.8. The van der Waals surface area contributed by atoms with Crippen molar-refractivity contribution in [3.8, 4) is 0 Å². The number of benzene rings is 2. The van der Waals surface area contributed by atoms with Crippen molar-refractivity contribution in [1.29, 1.82) is 0 Å². The van der Waals surface area contributed by atoms with E-state index in [1.165, 1.54) is 16.3 Å². The fourth-order valence-electron chi connectivity index (χ4n) is 3.35. The molecule has 0 aliphatic heterocycles. The first-order valence-corrected chi connectivity index (χ1v) is 13.2. The Bertz CT molecular complexity index is 1060. The van der Waals surface area contributed by atoms with Crippen LogP contribution in [0, 0.1) is 0 Å². The molecular weight excluding hydrogens is 474 g/mol. The molecule has 186 valence electrons. The Morgan fingerprint density at radius 3 is 2.26 bits per heavy atom. The Morgan fingerprint density at radius 2 is 1.65 bits per heavy atom. The third-order valence-corrected chi connectivity index (χ3v) is 8.02. The lowest BCUT2D eigenvalue weighted by atomic mass is 10.1. The van der Waals surface area contributed by atoms with Crippen LogP contribution >= 0.6 is 11.6 Å². The van der Waals surface area contributed by atoms with Gasteiger partial charge < -0.3 is 10.2 Å². The maximum absolute atomic E-state index is 13.2. The average molecular weight is 508 g/mol. The normalized spacial score (nSPS) is 13.4. The van der Waals surface area contributed by atoms with Crippen molar-refractivity contribution in [2.45, 2.75) is 63.6 Å². The number of halogens is 1. The van der Waals surface area contributed by atoms with Crippen LogP contribution in [0.2, 0.25) is 5.02 Å². The standard InChI is InChI=1S/C25H34ClN3O4S/c1-5-19(2)27-25(31)20(3)29(18-21-12-9-10-15-23(21)26)24(30)16-11-17-28(4)34(32,33)22-13-7-6-8-14-22/h6-10,12-15,19-20H,5,11,16-18H2,1-4H3,(H,27,31)/t19-,20+/m1/s1. The Morgan fingerprint density at radius 1 is 1.03 bits per heavy atom. The van der Waals surface area contributed by atoms with Gasteiger partial charge in [-0.15, -0.1) is 0 Å². The molecule has 34 heavy (non-hydrogen) atoms. The highest BCUT2D eigenvalue weighted by Gasteiger charge is 2.27. The fourth-order valence-corrected chi connectivity index (χ4v) is 4.77. The second-order valence-electron chi connectivity index (χ2n) is 8.35. The summed E-state index contributed by atoms with van der Waals surface area (Å²) in [5.41, 5.74) is 0.740. The minimum absolute atomic E-state index is 0.0101. The molecule has 7 nitrogen and oxygen atoms in total. The van der Waals surface area contributed by atoms with Crippen molar-refractivity contribution in [2.24, 2.45) is 0 Å². The molecule has 0 heterocycles. The number of carbonyl (C=O) groups is 2. The monoisotopic (exact) mass is 507 g/mol. The first kappa shape index (κ1) is 27.8. The van der Waals surface area contributed by atoms with E-state index in [4.69, 9.17) is 11.6 Å². The van der Waals surface area contributed by atoms with E-state index in [0.717, 1.165) is 12.0 Å². The highest BCUT2D eigenvalue weighted by molar-refractivity contribution is 7.89. The number of carbonyl (C=O) groups excluding carboxylic acids is 2. The Labute approximate surface area is 208 Å². The number of amides is 2. The topological polar surface area (TPSA) is 86.8 Å². The molecule has 2 aromatic rings. The molecule has 0 radical (unpaired) electrons. The third kappa shape index (κ3) is 7.55. The van der Waals surface area contributed by atoms with Gasteiger partial charge in [-0.05, 0) is 50.5 Å². The van der Waals surface area contributed by atoms with Gasteiger partial charge in [0.05, 0.1) is 4.90 Å². The number of hydrogen-bond donors (Lipinski definition) is 1. The van der Waals surface area contributed by atoms with Crippen LogP contribution in [0.15, 0.2) is 59.5 Å². The molecule has 0 bridgehead atoms. The number of nitrogens with one attached hydrogen (secondary N) is 1. The lowest BCUT2D eigenvalue weighted by Gasteiger charge is -2.30. The van der Waals surface area contributed by atoms with Crippen LogP contribution in [-0.4, -0.2) is 55.1 Å². The third-order valence-electron chi connectivity index (χ3n) is 5.78. The van der Waals surface area contributed by atoms with Crippen LogP contribution in [0.3, 0.4) is 0 Å². The summed E-state index contributed by atoms with van der Waals surface area (Å²) in [5.74, 6) is -0.476. The van der Waals surface area contributed by atoms with Gasteiger partial charge >= 0.3 is 0 Å². The van der Waals surface area contributed by atoms with Crippen molar-refractivity contribution in [3.05, 3.63) is 65.2 Å². The molecule has 0 unspecified atom stereocenters. The van der Waals surface area contributed by atoms with Gasteiger partial charge in [0, 0.05) is 37.6 Å². The number of nitrogens with zero attached hydrogens (tertiary/aromatic N) is 2. The molecule has 1 N–H and O–H groups in total. The van der Waals surface area contributed by atoms with E-state index in [1.54, 1.807) is 49.4 Å². The summed E-state index contributed by atoms with van der Waals surface area (Å²) >= 11 is 6.31. The van der Waals surface area contributed by atoms with E-state index in [9.17, 15) is 18.0 Å². The highest BCUT2D eigenvalue weighted by atomic mass is 35.5. The van der Waals surface area contributed by atoms with Crippen molar-refractivity contribution >= 4 is 33.4 Å². The minimum Gasteiger partial charge on any atom is -0.352 e. The zero-order chi connectivity index (χ0) is 25.3. The smallest absolute Gasteiger partial charge is 0.242 e. The van der Waals surface area contributed by atoms with Gasteiger partial charge in [-0.2, -0.15) is 0 Å². The maximum atomic E-state index is 13.2. The molecule has 0 saturated carbocycles. The van der Waals surface area contributed by atoms with Crippen LogP contribution < -0.4 is 5.32 Å². The summed E-state index contributed by atoms with van der Waals surface area (Å²) < 4.78 is 26.7. The Balaban J connectivity index is 2.10. The molecule has 0 saturated heterocycles. The number of rotatable bonds is 12. The van der Waals surface area contributed by atoms with E-state index in [-0.39, 0.29) is 42.3 Å². The summed E-state index contributed by atoms with van der Waals surface area (Å²) in [6.07, 6.45) is 1.19. The first-order valence-electron chi connectivity index (χ1n) is 11.4.